The molecule has 1 heterocycles. The summed E-state index contributed by atoms with van der Waals surface area (Å²) in [4.78, 5) is 4.64. The fraction of sp³-hybridized carbons (Fsp3) is 0.500. The third-order valence-corrected chi connectivity index (χ3v) is 4.52. The topological polar surface area (TPSA) is 24.9 Å². The van der Waals surface area contributed by atoms with Gasteiger partial charge in [0.1, 0.15) is 0 Å². The minimum Gasteiger partial charge on any atom is -0.314 e. The molecule has 0 saturated heterocycles. The first kappa shape index (κ1) is 13.6. The zero-order chi connectivity index (χ0) is 13.8. The Balaban J connectivity index is 1.92. The van der Waals surface area contributed by atoms with Gasteiger partial charge in [0.25, 0.3) is 0 Å². The maximum Gasteiger partial charge on any atom is 0.0736 e. The summed E-state index contributed by atoms with van der Waals surface area (Å²) in [5.41, 5.74) is 2.66. The predicted octanol–water partition coefficient (Wildman–Crippen LogP) is 4.26. The molecule has 2 unspecified atom stereocenters. The molecule has 1 aromatic carbocycles. The molecule has 2 heteroatoms. The van der Waals surface area contributed by atoms with Crippen LogP contribution < -0.4 is 5.32 Å². The van der Waals surface area contributed by atoms with E-state index in [0.717, 1.165) is 6.54 Å². The summed E-state index contributed by atoms with van der Waals surface area (Å²) in [6.45, 7) is 3.28. The fourth-order valence-electron chi connectivity index (χ4n) is 3.57. The Hall–Kier alpha value is -1.41. The van der Waals surface area contributed by atoms with Gasteiger partial charge in [-0.15, -0.1) is 0 Å². The second-order valence-electron chi connectivity index (χ2n) is 5.89. The Morgan fingerprint density at radius 1 is 1.15 bits per heavy atom. The van der Waals surface area contributed by atoms with Gasteiger partial charge in [-0.05, 0) is 43.4 Å². The summed E-state index contributed by atoms with van der Waals surface area (Å²) < 4.78 is 0. The monoisotopic (exact) mass is 268 g/mol. The number of para-hydroxylation sites is 1. The van der Waals surface area contributed by atoms with E-state index in [9.17, 15) is 0 Å². The summed E-state index contributed by atoms with van der Waals surface area (Å²) in [7, 11) is 0. The first-order valence-corrected chi connectivity index (χ1v) is 7.95. The number of pyridine rings is 1. The van der Waals surface area contributed by atoms with Crippen molar-refractivity contribution in [3.63, 3.8) is 0 Å². The van der Waals surface area contributed by atoms with E-state index < -0.39 is 0 Å². The molecule has 1 saturated carbocycles. The van der Waals surface area contributed by atoms with Crippen molar-refractivity contribution in [2.24, 2.45) is 0 Å². The number of aromatic nitrogens is 1. The van der Waals surface area contributed by atoms with Crippen molar-refractivity contribution in [2.75, 3.05) is 6.54 Å². The lowest BCUT2D eigenvalue weighted by Crippen LogP contribution is -2.29. The number of nitrogens with zero attached hydrogens (tertiary/aromatic N) is 1. The molecule has 3 rings (SSSR count). The molecule has 2 atom stereocenters. The van der Waals surface area contributed by atoms with E-state index in [-0.39, 0.29) is 0 Å². The van der Waals surface area contributed by atoms with Gasteiger partial charge in [-0.2, -0.15) is 0 Å². The molecule has 0 amide bonds. The van der Waals surface area contributed by atoms with Gasteiger partial charge in [0, 0.05) is 17.6 Å². The van der Waals surface area contributed by atoms with Crippen molar-refractivity contribution in [3.05, 3.63) is 42.1 Å². The Morgan fingerprint density at radius 2 is 2.00 bits per heavy atom. The van der Waals surface area contributed by atoms with Crippen molar-refractivity contribution in [3.8, 4) is 0 Å². The highest BCUT2D eigenvalue weighted by Crippen LogP contribution is 2.34. The van der Waals surface area contributed by atoms with E-state index in [1.54, 1.807) is 0 Å². The Bertz CT molecular complexity index is 559. The largest absolute Gasteiger partial charge is 0.314 e. The number of benzene rings is 1. The van der Waals surface area contributed by atoms with Gasteiger partial charge in [-0.1, -0.05) is 44.0 Å². The van der Waals surface area contributed by atoms with Gasteiger partial charge < -0.3 is 5.32 Å². The first-order valence-electron chi connectivity index (χ1n) is 7.95. The van der Waals surface area contributed by atoms with Crippen molar-refractivity contribution in [2.45, 2.75) is 51.0 Å². The third kappa shape index (κ3) is 2.85. The van der Waals surface area contributed by atoms with Crippen LogP contribution in [0.25, 0.3) is 10.9 Å². The second kappa shape index (κ2) is 6.36. The molecule has 1 aliphatic carbocycles. The molecular formula is C18H24N2. The number of hydrogen-bond acceptors (Lipinski definition) is 2. The molecule has 0 aliphatic heterocycles. The number of rotatable bonds is 3. The highest BCUT2D eigenvalue weighted by molar-refractivity contribution is 5.82. The Morgan fingerprint density at radius 3 is 2.90 bits per heavy atom. The van der Waals surface area contributed by atoms with E-state index in [2.05, 4.69) is 41.5 Å². The van der Waals surface area contributed by atoms with Gasteiger partial charge in [-0.3, -0.25) is 4.98 Å². The molecule has 20 heavy (non-hydrogen) atoms. The van der Waals surface area contributed by atoms with Crippen LogP contribution in [0.4, 0.5) is 0 Å². The second-order valence-corrected chi connectivity index (χ2v) is 5.89. The quantitative estimate of drug-likeness (QED) is 0.841. The van der Waals surface area contributed by atoms with E-state index in [0.29, 0.717) is 12.0 Å². The molecule has 2 nitrogen and oxygen atoms in total. The van der Waals surface area contributed by atoms with Crippen LogP contribution in [0.1, 0.15) is 50.5 Å². The van der Waals surface area contributed by atoms with Crippen LogP contribution in [0.2, 0.25) is 0 Å². The third-order valence-electron chi connectivity index (χ3n) is 4.52. The molecule has 0 radical (unpaired) electrons. The molecule has 1 aromatic heterocycles. The minimum atomic E-state index is 0.653. The smallest absolute Gasteiger partial charge is 0.0736 e. The molecule has 0 bridgehead atoms. The zero-order valence-electron chi connectivity index (χ0n) is 12.3. The van der Waals surface area contributed by atoms with E-state index in [1.807, 2.05) is 12.3 Å². The van der Waals surface area contributed by atoms with Gasteiger partial charge in [0.2, 0.25) is 0 Å². The van der Waals surface area contributed by atoms with Gasteiger partial charge in [0.05, 0.1) is 5.52 Å². The summed E-state index contributed by atoms with van der Waals surface area (Å²) in [5, 5.41) is 4.92. The molecule has 0 spiro atoms. The van der Waals surface area contributed by atoms with Crippen LogP contribution in [0.15, 0.2) is 36.5 Å². The highest BCUT2D eigenvalue weighted by atomic mass is 14.9. The van der Waals surface area contributed by atoms with Crippen LogP contribution >= 0.6 is 0 Å². The lowest BCUT2D eigenvalue weighted by molar-refractivity contribution is 0.450. The fourth-order valence-corrected chi connectivity index (χ4v) is 3.57. The average Bonchev–Trinajstić information content (AvgIpc) is 2.73. The summed E-state index contributed by atoms with van der Waals surface area (Å²) in [6, 6.07) is 11.5. The summed E-state index contributed by atoms with van der Waals surface area (Å²) >= 11 is 0. The average molecular weight is 268 g/mol. The van der Waals surface area contributed by atoms with Crippen LogP contribution in [0.3, 0.4) is 0 Å². The molecule has 106 valence electrons. The van der Waals surface area contributed by atoms with Crippen LogP contribution in [-0.4, -0.2) is 17.6 Å². The van der Waals surface area contributed by atoms with Gasteiger partial charge in [-0.25, -0.2) is 0 Å². The number of nitrogens with one attached hydrogen (secondary N) is 1. The van der Waals surface area contributed by atoms with Crippen molar-refractivity contribution >= 4 is 10.9 Å². The SMILES string of the molecule is CCNC1CCCCC(c2cccc3cccnc23)C1. The van der Waals surface area contributed by atoms with Crippen LogP contribution in [0.5, 0.6) is 0 Å². The standard InChI is InChI=1S/C18H24N2/c1-2-19-16-10-4-3-7-15(13-16)17-11-5-8-14-9-6-12-20-18(14)17/h5-6,8-9,11-12,15-16,19H,2-4,7,10,13H2,1H3. The maximum absolute atomic E-state index is 4.64. The normalized spacial score (nSPS) is 23.6. The zero-order valence-corrected chi connectivity index (χ0v) is 12.3. The Kier molecular flexibility index (Phi) is 4.31. The predicted molar refractivity (Wildman–Crippen MR) is 85.0 cm³/mol. The lowest BCUT2D eigenvalue weighted by Gasteiger charge is -2.22. The minimum absolute atomic E-state index is 0.653. The molecule has 1 N–H and O–H groups in total. The summed E-state index contributed by atoms with van der Waals surface area (Å²) in [5.74, 6) is 0.653. The van der Waals surface area contributed by atoms with Crippen LogP contribution in [0, 0.1) is 0 Å². The van der Waals surface area contributed by atoms with E-state index >= 15 is 0 Å². The van der Waals surface area contributed by atoms with Crippen molar-refractivity contribution in [1.82, 2.24) is 10.3 Å². The number of fused-ring (bicyclic) bond motifs is 1. The summed E-state index contributed by atoms with van der Waals surface area (Å²) in [6.07, 6.45) is 8.50. The van der Waals surface area contributed by atoms with Crippen molar-refractivity contribution in [1.29, 1.82) is 0 Å². The first-order chi connectivity index (χ1) is 9.88. The number of hydrogen-bond donors (Lipinski definition) is 1. The lowest BCUT2D eigenvalue weighted by atomic mass is 9.88. The highest BCUT2D eigenvalue weighted by Gasteiger charge is 2.22. The molecular weight excluding hydrogens is 244 g/mol. The van der Waals surface area contributed by atoms with Gasteiger partial charge >= 0.3 is 0 Å². The molecule has 1 fully saturated rings. The molecule has 2 aromatic rings. The maximum atomic E-state index is 4.64. The molecule has 1 aliphatic rings. The van der Waals surface area contributed by atoms with E-state index in [1.165, 1.54) is 48.6 Å². The van der Waals surface area contributed by atoms with E-state index in [4.69, 9.17) is 0 Å². The van der Waals surface area contributed by atoms with Crippen LogP contribution in [-0.2, 0) is 0 Å². The van der Waals surface area contributed by atoms with Crippen molar-refractivity contribution < 1.29 is 0 Å². The Labute approximate surface area is 121 Å². The van der Waals surface area contributed by atoms with Gasteiger partial charge in [0.15, 0.2) is 0 Å².